The van der Waals surface area contributed by atoms with Gasteiger partial charge in [0.2, 0.25) is 17.7 Å². The Morgan fingerprint density at radius 3 is 2.20 bits per heavy atom. The number of likely N-dealkylation sites (tertiary alicyclic amines) is 1. The smallest absolute Gasteiger partial charge is 0.233 e. The number of quaternary nitrogens is 1. The van der Waals surface area contributed by atoms with Gasteiger partial charge in [-0.2, -0.15) is 0 Å². The van der Waals surface area contributed by atoms with E-state index in [-0.39, 0.29) is 42.5 Å². The third kappa shape index (κ3) is 4.36. The SMILES string of the molecule is COc1ccc(C[NH+]2CCN(C(=O)CCN3C(=O)[C@@H]4CCCC[C@H]4C3=O)CC2)cc1. The highest BCUT2D eigenvalue weighted by Crippen LogP contribution is 2.37. The molecule has 3 aliphatic rings. The van der Waals surface area contributed by atoms with Crippen molar-refractivity contribution in [3.05, 3.63) is 29.8 Å². The van der Waals surface area contributed by atoms with Gasteiger partial charge < -0.3 is 14.5 Å². The van der Waals surface area contributed by atoms with E-state index in [1.54, 1.807) is 7.11 Å². The fourth-order valence-corrected chi connectivity index (χ4v) is 5.10. The Hall–Kier alpha value is -2.41. The van der Waals surface area contributed by atoms with Crippen molar-refractivity contribution < 1.29 is 24.0 Å². The van der Waals surface area contributed by atoms with Crippen LogP contribution in [0.3, 0.4) is 0 Å². The number of nitrogens with zero attached hydrogens (tertiary/aromatic N) is 2. The number of fused-ring (bicyclic) bond motifs is 1. The lowest BCUT2D eigenvalue weighted by Crippen LogP contribution is -3.13. The van der Waals surface area contributed by atoms with Crippen LogP contribution < -0.4 is 9.64 Å². The number of rotatable bonds is 6. The quantitative estimate of drug-likeness (QED) is 0.688. The van der Waals surface area contributed by atoms with Crippen molar-refractivity contribution in [2.45, 2.75) is 38.6 Å². The molecule has 1 N–H and O–H groups in total. The minimum Gasteiger partial charge on any atom is -0.497 e. The van der Waals surface area contributed by atoms with Gasteiger partial charge in [-0.1, -0.05) is 12.8 Å². The van der Waals surface area contributed by atoms with Gasteiger partial charge in [0.25, 0.3) is 0 Å². The number of methoxy groups -OCH3 is 1. The highest BCUT2D eigenvalue weighted by molar-refractivity contribution is 6.05. The Bertz CT molecular complexity index is 762. The van der Waals surface area contributed by atoms with Crippen molar-refractivity contribution in [1.29, 1.82) is 0 Å². The van der Waals surface area contributed by atoms with E-state index in [0.29, 0.717) is 0 Å². The van der Waals surface area contributed by atoms with Crippen molar-refractivity contribution >= 4 is 17.7 Å². The zero-order valence-electron chi connectivity index (χ0n) is 17.8. The third-order valence-corrected chi connectivity index (χ3v) is 6.92. The number of imide groups is 1. The first-order valence-corrected chi connectivity index (χ1v) is 11.2. The van der Waals surface area contributed by atoms with E-state index < -0.39 is 0 Å². The van der Waals surface area contributed by atoms with Crippen LogP contribution in [0.4, 0.5) is 0 Å². The molecule has 2 heterocycles. The number of amides is 3. The van der Waals surface area contributed by atoms with E-state index in [1.165, 1.54) is 15.4 Å². The summed E-state index contributed by atoms with van der Waals surface area (Å²) in [5.74, 6) is 0.544. The molecular formula is C23H32N3O4+. The monoisotopic (exact) mass is 414 g/mol. The summed E-state index contributed by atoms with van der Waals surface area (Å²) in [5.41, 5.74) is 1.26. The van der Waals surface area contributed by atoms with Crippen LogP contribution in [0.2, 0.25) is 0 Å². The summed E-state index contributed by atoms with van der Waals surface area (Å²) in [5, 5.41) is 0. The molecule has 162 valence electrons. The average Bonchev–Trinajstić information content (AvgIpc) is 3.03. The van der Waals surface area contributed by atoms with E-state index in [4.69, 9.17) is 4.74 Å². The molecule has 0 aromatic heterocycles. The van der Waals surface area contributed by atoms with Gasteiger partial charge in [-0.15, -0.1) is 0 Å². The molecule has 1 aliphatic carbocycles. The number of piperazine rings is 1. The molecule has 4 rings (SSSR count). The number of hydrogen-bond donors (Lipinski definition) is 1. The molecule has 0 unspecified atom stereocenters. The topological polar surface area (TPSA) is 71.4 Å². The van der Waals surface area contributed by atoms with E-state index in [0.717, 1.165) is 64.2 Å². The number of ether oxygens (including phenoxy) is 1. The predicted molar refractivity (Wildman–Crippen MR) is 111 cm³/mol. The lowest BCUT2D eigenvalue weighted by Gasteiger charge is -2.32. The molecule has 30 heavy (non-hydrogen) atoms. The fraction of sp³-hybridized carbons (Fsp3) is 0.609. The van der Waals surface area contributed by atoms with E-state index in [1.807, 2.05) is 17.0 Å². The van der Waals surface area contributed by atoms with Crippen molar-refractivity contribution in [2.24, 2.45) is 11.8 Å². The van der Waals surface area contributed by atoms with Gasteiger partial charge in [0.15, 0.2) is 0 Å². The van der Waals surface area contributed by atoms with Crippen LogP contribution in [0.15, 0.2) is 24.3 Å². The van der Waals surface area contributed by atoms with Gasteiger partial charge >= 0.3 is 0 Å². The zero-order valence-corrected chi connectivity index (χ0v) is 17.8. The maximum absolute atomic E-state index is 12.7. The Morgan fingerprint density at radius 1 is 1.03 bits per heavy atom. The first-order chi connectivity index (χ1) is 14.6. The molecule has 1 aromatic carbocycles. The number of nitrogens with one attached hydrogen (secondary N) is 1. The molecule has 2 aliphatic heterocycles. The van der Waals surface area contributed by atoms with Gasteiger partial charge in [0.1, 0.15) is 12.3 Å². The highest BCUT2D eigenvalue weighted by Gasteiger charge is 2.47. The molecule has 0 spiro atoms. The Balaban J connectivity index is 1.22. The second-order valence-electron chi connectivity index (χ2n) is 8.73. The lowest BCUT2D eigenvalue weighted by atomic mass is 9.81. The standard InChI is InChI=1S/C23H31N3O4/c1-30-18-8-6-17(7-9-18)16-24-12-14-25(15-13-24)21(27)10-11-26-22(28)19-4-2-3-5-20(19)23(26)29/h6-9,19-20H,2-5,10-16H2,1H3/p+1/t19-,20-/m1/s1. The van der Waals surface area contributed by atoms with Crippen LogP contribution in [0.1, 0.15) is 37.7 Å². The molecule has 0 bridgehead atoms. The Labute approximate surface area is 177 Å². The minimum atomic E-state index is -0.133. The van der Waals surface area contributed by atoms with Crippen molar-refractivity contribution in [3.63, 3.8) is 0 Å². The van der Waals surface area contributed by atoms with Gasteiger partial charge in [0.05, 0.1) is 45.1 Å². The Morgan fingerprint density at radius 2 is 1.63 bits per heavy atom. The molecule has 1 aromatic rings. The van der Waals surface area contributed by atoms with Crippen LogP contribution in [-0.4, -0.2) is 67.4 Å². The molecule has 3 amide bonds. The largest absolute Gasteiger partial charge is 0.497 e. The van der Waals surface area contributed by atoms with Crippen molar-refractivity contribution in [2.75, 3.05) is 39.8 Å². The average molecular weight is 415 g/mol. The molecule has 3 fully saturated rings. The summed E-state index contributed by atoms with van der Waals surface area (Å²) in [7, 11) is 1.67. The van der Waals surface area contributed by atoms with Gasteiger partial charge in [-0.3, -0.25) is 19.3 Å². The van der Waals surface area contributed by atoms with Gasteiger partial charge in [-0.05, 0) is 37.1 Å². The molecule has 2 saturated heterocycles. The minimum absolute atomic E-state index is 0.0498. The molecule has 1 saturated carbocycles. The Kier molecular flexibility index (Phi) is 6.37. The van der Waals surface area contributed by atoms with E-state index in [9.17, 15) is 14.4 Å². The fourth-order valence-electron chi connectivity index (χ4n) is 5.10. The molecule has 7 nitrogen and oxygen atoms in total. The van der Waals surface area contributed by atoms with Crippen LogP contribution in [0, 0.1) is 11.8 Å². The number of hydrogen-bond acceptors (Lipinski definition) is 4. The molecule has 7 heteroatoms. The summed E-state index contributed by atoms with van der Waals surface area (Å²) in [4.78, 5) is 42.5. The second-order valence-corrected chi connectivity index (χ2v) is 8.73. The van der Waals surface area contributed by atoms with Crippen molar-refractivity contribution in [1.82, 2.24) is 9.80 Å². The first-order valence-electron chi connectivity index (χ1n) is 11.2. The normalized spacial score (nSPS) is 24.8. The van der Waals surface area contributed by atoms with Crippen LogP contribution in [0.25, 0.3) is 0 Å². The highest BCUT2D eigenvalue weighted by atomic mass is 16.5. The summed E-state index contributed by atoms with van der Waals surface area (Å²) < 4.78 is 5.20. The van der Waals surface area contributed by atoms with E-state index >= 15 is 0 Å². The van der Waals surface area contributed by atoms with Gasteiger partial charge in [-0.25, -0.2) is 0 Å². The summed E-state index contributed by atoms with van der Waals surface area (Å²) >= 11 is 0. The number of benzene rings is 1. The van der Waals surface area contributed by atoms with Gasteiger partial charge in [0, 0.05) is 18.5 Å². The molecule has 0 radical (unpaired) electrons. The van der Waals surface area contributed by atoms with E-state index in [2.05, 4.69) is 12.1 Å². The summed E-state index contributed by atoms with van der Waals surface area (Å²) in [6, 6.07) is 8.13. The predicted octanol–water partition coefficient (Wildman–Crippen LogP) is 0.488. The summed E-state index contributed by atoms with van der Waals surface area (Å²) in [6.07, 6.45) is 3.92. The number of carbonyl (C=O) groups is 3. The maximum Gasteiger partial charge on any atom is 0.233 e. The van der Waals surface area contributed by atoms with Crippen LogP contribution in [-0.2, 0) is 20.9 Å². The third-order valence-electron chi connectivity index (χ3n) is 6.92. The maximum atomic E-state index is 12.7. The first kappa shape index (κ1) is 20.8. The van der Waals surface area contributed by atoms with Crippen LogP contribution >= 0.6 is 0 Å². The number of carbonyl (C=O) groups excluding carboxylic acids is 3. The lowest BCUT2D eigenvalue weighted by molar-refractivity contribution is -0.917. The second kappa shape index (κ2) is 9.16. The molecule has 2 atom stereocenters. The molecular weight excluding hydrogens is 382 g/mol. The van der Waals surface area contributed by atoms with Crippen LogP contribution in [0.5, 0.6) is 5.75 Å². The van der Waals surface area contributed by atoms with Crippen molar-refractivity contribution in [3.8, 4) is 5.75 Å². The summed E-state index contributed by atoms with van der Waals surface area (Å²) in [6.45, 7) is 4.43. The zero-order chi connectivity index (χ0) is 21.1.